The molecule has 0 atom stereocenters. The van der Waals surface area contributed by atoms with Crippen molar-refractivity contribution in [2.75, 3.05) is 0 Å². The van der Waals surface area contributed by atoms with Crippen molar-refractivity contribution in [2.45, 2.75) is 6.92 Å². The van der Waals surface area contributed by atoms with Crippen molar-refractivity contribution >= 4 is 10.9 Å². The molecule has 0 saturated heterocycles. The van der Waals surface area contributed by atoms with E-state index in [4.69, 9.17) is 0 Å². The van der Waals surface area contributed by atoms with Crippen LogP contribution in [0.3, 0.4) is 0 Å². The molecule has 15 heavy (non-hydrogen) atoms. The van der Waals surface area contributed by atoms with Crippen LogP contribution in [-0.4, -0.2) is 20.0 Å². The third-order valence-corrected chi connectivity index (χ3v) is 2.59. The number of aromatic amines is 1. The predicted molar refractivity (Wildman–Crippen MR) is 58.0 cm³/mol. The fraction of sp³-hybridized carbons (Fsp3) is 0.0909. The number of nitrogens with one attached hydrogen (secondary N) is 1. The first-order valence-corrected chi connectivity index (χ1v) is 4.80. The van der Waals surface area contributed by atoms with Crippen LogP contribution in [0.5, 0.6) is 0 Å². The van der Waals surface area contributed by atoms with Gasteiger partial charge in [0.05, 0.1) is 12.4 Å². The summed E-state index contributed by atoms with van der Waals surface area (Å²) in [6.07, 6.45) is 3.50. The largest absolute Gasteiger partial charge is 0.339 e. The first-order chi connectivity index (χ1) is 7.36. The van der Waals surface area contributed by atoms with Crippen molar-refractivity contribution in [3.8, 4) is 5.82 Å². The van der Waals surface area contributed by atoms with Gasteiger partial charge in [0.25, 0.3) is 0 Å². The molecule has 74 valence electrons. The van der Waals surface area contributed by atoms with Crippen molar-refractivity contribution in [1.82, 2.24) is 20.0 Å². The van der Waals surface area contributed by atoms with Crippen LogP contribution in [0.25, 0.3) is 16.7 Å². The van der Waals surface area contributed by atoms with Crippen LogP contribution in [0.4, 0.5) is 0 Å². The molecule has 0 radical (unpaired) electrons. The lowest BCUT2D eigenvalue weighted by molar-refractivity contribution is 0.784. The van der Waals surface area contributed by atoms with E-state index in [2.05, 4.69) is 34.4 Å². The van der Waals surface area contributed by atoms with Gasteiger partial charge in [-0.2, -0.15) is 0 Å². The van der Waals surface area contributed by atoms with Gasteiger partial charge >= 0.3 is 0 Å². The zero-order chi connectivity index (χ0) is 10.3. The number of hydrogen-bond donors (Lipinski definition) is 1. The Hall–Kier alpha value is -2.10. The number of nitrogens with zero attached hydrogens (tertiary/aromatic N) is 3. The van der Waals surface area contributed by atoms with E-state index in [9.17, 15) is 0 Å². The average molecular weight is 198 g/mol. The fourth-order valence-corrected chi connectivity index (χ4v) is 1.82. The van der Waals surface area contributed by atoms with Crippen LogP contribution >= 0.6 is 0 Å². The molecule has 1 aromatic carbocycles. The molecule has 0 aliphatic rings. The Kier molecular flexibility index (Phi) is 1.62. The van der Waals surface area contributed by atoms with Gasteiger partial charge in [0.15, 0.2) is 0 Å². The third kappa shape index (κ3) is 1.15. The highest BCUT2D eigenvalue weighted by atomic mass is 15.4. The van der Waals surface area contributed by atoms with E-state index < -0.39 is 0 Å². The minimum absolute atomic E-state index is 0.980. The predicted octanol–water partition coefficient (Wildman–Crippen LogP) is 2.06. The smallest absolute Gasteiger partial charge is 0.137 e. The van der Waals surface area contributed by atoms with Crippen LogP contribution in [0.2, 0.25) is 0 Å². The standard InChI is InChI=1S/C11H10N4/c1-8-9-4-2-3-5-10(9)13-11(8)15-7-6-12-14-15/h2-7,13H,1H3. The SMILES string of the molecule is Cc1c(-n2ccnn2)[nH]c2ccccc12. The summed E-state index contributed by atoms with van der Waals surface area (Å²) >= 11 is 0. The van der Waals surface area contributed by atoms with Crippen LogP contribution in [0, 0.1) is 6.92 Å². The monoisotopic (exact) mass is 198 g/mol. The van der Waals surface area contributed by atoms with Gasteiger partial charge in [-0.1, -0.05) is 23.4 Å². The highest BCUT2D eigenvalue weighted by Gasteiger charge is 2.08. The molecule has 0 aliphatic heterocycles. The molecule has 0 fully saturated rings. The van der Waals surface area contributed by atoms with Gasteiger partial charge in [-0.3, -0.25) is 0 Å². The van der Waals surface area contributed by atoms with E-state index >= 15 is 0 Å². The summed E-state index contributed by atoms with van der Waals surface area (Å²) in [5.74, 6) is 0.980. The number of rotatable bonds is 1. The summed E-state index contributed by atoms with van der Waals surface area (Å²) in [5, 5.41) is 9.01. The van der Waals surface area contributed by atoms with Crippen molar-refractivity contribution in [3.63, 3.8) is 0 Å². The minimum Gasteiger partial charge on any atom is -0.339 e. The van der Waals surface area contributed by atoms with Gasteiger partial charge < -0.3 is 4.98 Å². The van der Waals surface area contributed by atoms with E-state index in [0.29, 0.717) is 0 Å². The van der Waals surface area contributed by atoms with Gasteiger partial charge in [0, 0.05) is 16.5 Å². The van der Waals surface area contributed by atoms with Gasteiger partial charge in [-0.05, 0) is 13.0 Å². The fourth-order valence-electron chi connectivity index (χ4n) is 1.82. The molecule has 0 saturated carbocycles. The maximum atomic E-state index is 3.98. The Morgan fingerprint density at radius 1 is 1.27 bits per heavy atom. The summed E-state index contributed by atoms with van der Waals surface area (Å²) in [7, 11) is 0. The minimum atomic E-state index is 0.980. The summed E-state index contributed by atoms with van der Waals surface area (Å²) in [6.45, 7) is 2.08. The van der Waals surface area contributed by atoms with E-state index in [-0.39, 0.29) is 0 Å². The number of aromatic nitrogens is 4. The molecular weight excluding hydrogens is 188 g/mol. The summed E-state index contributed by atoms with van der Waals surface area (Å²) < 4.78 is 1.75. The second-order valence-corrected chi connectivity index (χ2v) is 3.49. The van der Waals surface area contributed by atoms with Crippen LogP contribution in [0.1, 0.15) is 5.56 Å². The van der Waals surface area contributed by atoms with Gasteiger partial charge in [-0.15, -0.1) is 5.10 Å². The molecule has 2 heterocycles. The van der Waals surface area contributed by atoms with E-state index in [1.54, 1.807) is 10.9 Å². The summed E-state index contributed by atoms with van der Waals surface area (Å²) in [5.41, 5.74) is 2.32. The topological polar surface area (TPSA) is 46.5 Å². The lowest BCUT2D eigenvalue weighted by Gasteiger charge is -1.96. The molecule has 4 heteroatoms. The molecular formula is C11H10N4. The Balaban J connectivity index is 2.33. The third-order valence-electron chi connectivity index (χ3n) is 2.59. The molecule has 0 spiro atoms. The quantitative estimate of drug-likeness (QED) is 0.650. The molecule has 3 rings (SSSR count). The maximum absolute atomic E-state index is 3.98. The van der Waals surface area contributed by atoms with Crippen molar-refractivity contribution < 1.29 is 0 Å². The normalized spacial score (nSPS) is 11.0. The lowest BCUT2D eigenvalue weighted by Crippen LogP contribution is -1.96. The molecule has 1 N–H and O–H groups in total. The van der Waals surface area contributed by atoms with Crippen LogP contribution < -0.4 is 0 Å². The Morgan fingerprint density at radius 2 is 2.13 bits per heavy atom. The number of fused-ring (bicyclic) bond motifs is 1. The van der Waals surface area contributed by atoms with Gasteiger partial charge in [-0.25, -0.2) is 4.68 Å². The average Bonchev–Trinajstić information content (AvgIpc) is 2.87. The van der Waals surface area contributed by atoms with E-state index in [1.165, 1.54) is 10.9 Å². The molecule has 0 bridgehead atoms. The van der Waals surface area contributed by atoms with Crippen molar-refractivity contribution in [2.24, 2.45) is 0 Å². The van der Waals surface area contributed by atoms with Crippen molar-refractivity contribution in [3.05, 3.63) is 42.2 Å². The summed E-state index contributed by atoms with van der Waals surface area (Å²) in [4.78, 5) is 3.33. The highest BCUT2D eigenvalue weighted by Crippen LogP contribution is 2.23. The molecule has 0 aliphatic carbocycles. The Labute approximate surface area is 86.5 Å². The van der Waals surface area contributed by atoms with Crippen LogP contribution in [0.15, 0.2) is 36.7 Å². The molecule has 3 aromatic rings. The molecule has 0 unspecified atom stereocenters. The first kappa shape index (κ1) is 8.23. The second kappa shape index (κ2) is 2.95. The number of benzene rings is 1. The van der Waals surface area contributed by atoms with Crippen molar-refractivity contribution in [1.29, 1.82) is 0 Å². The zero-order valence-corrected chi connectivity index (χ0v) is 8.31. The molecule has 2 aromatic heterocycles. The number of hydrogen-bond acceptors (Lipinski definition) is 2. The number of aryl methyl sites for hydroxylation is 1. The first-order valence-electron chi connectivity index (χ1n) is 4.80. The lowest BCUT2D eigenvalue weighted by atomic mass is 10.2. The van der Waals surface area contributed by atoms with E-state index in [0.717, 1.165) is 11.3 Å². The summed E-state index contributed by atoms with van der Waals surface area (Å²) in [6, 6.07) is 8.21. The zero-order valence-electron chi connectivity index (χ0n) is 8.31. The highest BCUT2D eigenvalue weighted by molar-refractivity contribution is 5.86. The molecule has 4 nitrogen and oxygen atoms in total. The maximum Gasteiger partial charge on any atom is 0.137 e. The number of para-hydroxylation sites is 1. The Morgan fingerprint density at radius 3 is 2.87 bits per heavy atom. The van der Waals surface area contributed by atoms with E-state index in [1.807, 2.05) is 18.3 Å². The number of H-pyrrole nitrogens is 1. The van der Waals surface area contributed by atoms with Gasteiger partial charge in [0.1, 0.15) is 5.82 Å². The van der Waals surface area contributed by atoms with Gasteiger partial charge in [0.2, 0.25) is 0 Å². The van der Waals surface area contributed by atoms with Crippen LogP contribution in [-0.2, 0) is 0 Å². The Bertz CT molecular complexity index is 592. The molecule has 0 amide bonds. The second-order valence-electron chi connectivity index (χ2n) is 3.49.